The number of hydrogen-bond donors (Lipinski definition) is 0. The molecule has 2 aromatic rings. The van der Waals surface area contributed by atoms with Gasteiger partial charge in [-0.1, -0.05) is 51.1 Å². The quantitative estimate of drug-likeness (QED) is 0.453. The number of amides is 1. The fourth-order valence-corrected chi connectivity index (χ4v) is 5.05. The largest absolute Gasteiger partial charge is 0.496 e. The van der Waals surface area contributed by atoms with Crippen LogP contribution in [0.2, 0.25) is 0 Å². The average molecular weight is 467 g/mol. The molecular formula is C29H42N2O3. The molecule has 0 bridgehead atoms. The van der Waals surface area contributed by atoms with E-state index < -0.39 is 0 Å². The topological polar surface area (TPSA) is 42.0 Å². The second kappa shape index (κ2) is 11.7. The molecule has 2 atom stereocenters. The summed E-state index contributed by atoms with van der Waals surface area (Å²) in [5.41, 5.74) is 3.48. The van der Waals surface area contributed by atoms with Crippen molar-refractivity contribution in [1.82, 2.24) is 4.90 Å². The zero-order chi connectivity index (χ0) is 24.7. The molecule has 1 saturated heterocycles. The number of methoxy groups -OCH3 is 1. The SMILES string of the molecule is CCC(=O)N(CC[C@@]1(c2ccccc2OC)CCO[C@H](C(C)C)C1)Cc1ccc(N(C)C)cc1. The summed E-state index contributed by atoms with van der Waals surface area (Å²) in [4.78, 5) is 17.1. The van der Waals surface area contributed by atoms with E-state index in [4.69, 9.17) is 9.47 Å². The number of ether oxygens (including phenoxy) is 2. The Hall–Kier alpha value is -2.53. The molecule has 5 nitrogen and oxygen atoms in total. The molecular weight excluding hydrogens is 424 g/mol. The van der Waals surface area contributed by atoms with Gasteiger partial charge in [0.25, 0.3) is 0 Å². The van der Waals surface area contributed by atoms with E-state index in [1.165, 1.54) is 5.56 Å². The third-order valence-corrected chi connectivity index (χ3v) is 7.27. The number of carbonyl (C=O) groups excluding carboxylic acids is 1. The van der Waals surface area contributed by atoms with Gasteiger partial charge in [0.2, 0.25) is 5.91 Å². The van der Waals surface area contributed by atoms with E-state index in [0.29, 0.717) is 25.4 Å². The molecule has 0 radical (unpaired) electrons. The highest BCUT2D eigenvalue weighted by Crippen LogP contribution is 2.45. The fourth-order valence-electron chi connectivity index (χ4n) is 5.05. The number of anilines is 1. The molecule has 1 fully saturated rings. The molecule has 0 unspecified atom stereocenters. The standard InChI is InChI=1S/C29H42N2O3/c1-7-28(32)31(21-23-12-14-24(15-13-23)30(4)5)18-16-29(17-19-34-27(20-29)22(2)3)25-10-8-9-11-26(25)33-6/h8-15,22,27H,7,16-21H2,1-6H3/t27-,29+/m0/s1. The van der Waals surface area contributed by atoms with Gasteiger partial charge >= 0.3 is 0 Å². The Morgan fingerprint density at radius 2 is 1.85 bits per heavy atom. The third kappa shape index (κ3) is 6.12. The van der Waals surface area contributed by atoms with E-state index >= 15 is 0 Å². The van der Waals surface area contributed by atoms with Crippen molar-refractivity contribution in [3.8, 4) is 5.75 Å². The van der Waals surface area contributed by atoms with Crippen molar-refractivity contribution in [1.29, 1.82) is 0 Å². The molecule has 0 aromatic heterocycles. The molecule has 186 valence electrons. The molecule has 1 amide bonds. The molecule has 2 aromatic carbocycles. The Morgan fingerprint density at radius 3 is 2.47 bits per heavy atom. The van der Waals surface area contributed by atoms with Gasteiger partial charge in [-0.05, 0) is 48.9 Å². The van der Waals surface area contributed by atoms with Gasteiger partial charge in [0.05, 0.1) is 13.2 Å². The van der Waals surface area contributed by atoms with Gasteiger partial charge in [0.15, 0.2) is 0 Å². The van der Waals surface area contributed by atoms with Crippen molar-refractivity contribution in [3.05, 3.63) is 59.7 Å². The van der Waals surface area contributed by atoms with Gasteiger partial charge in [-0.15, -0.1) is 0 Å². The first-order valence-electron chi connectivity index (χ1n) is 12.6. The molecule has 1 aliphatic rings. The van der Waals surface area contributed by atoms with E-state index in [0.717, 1.165) is 42.9 Å². The summed E-state index contributed by atoms with van der Waals surface area (Å²) in [5, 5.41) is 0. The van der Waals surface area contributed by atoms with Gasteiger partial charge in [-0.3, -0.25) is 4.79 Å². The summed E-state index contributed by atoms with van der Waals surface area (Å²) in [5.74, 6) is 1.57. The van der Waals surface area contributed by atoms with Crippen LogP contribution in [0.1, 0.15) is 57.6 Å². The van der Waals surface area contributed by atoms with Crippen LogP contribution in [0.25, 0.3) is 0 Å². The highest BCUT2D eigenvalue weighted by Gasteiger charge is 2.41. The summed E-state index contributed by atoms with van der Waals surface area (Å²) in [6.07, 6.45) is 3.47. The minimum absolute atomic E-state index is 0.0825. The van der Waals surface area contributed by atoms with Gasteiger partial charge in [0, 0.05) is 56.9 Å². The van der Waals surface area contributed by atoms with Crippen molar-refractivity contribution in [2.24, 2.45) is 5.92 Å². The van der Waals surface area contributed by atoms with E-state index in [2.05, 4.69) is 61.2 Å². The Balaban J connectivity index is 1.87. The molecule has 34 heavy (non-hydrogen) atoms. The molecule has 5 heteroatoms. The van der Waals surface area contributed by atoms with Crippen LogP contribution >= 0.6 is 0 Å². The maximum atomic E-state index is 13.0. The minimum atomic E-state index is -0.0825. The third-order valence-electron chi connectivity index (χ3n) is 7.27. The van der Waals surface area contributed by atoms with Crippen molar-refractivity contribution >= 4 is 11.6 Å². The number of nitrogens with zero attached hydrogens (tertiary/aromatic N) is 2. The maximum Gasteiger partial charge on any atom is 0.222 e. The average Bonchev–Trinajstić information content (AvgIpc) is 2.86. The first-order chi connectivity index (χ1) is 16.3. The molecule has 0 spiro atoms. The smallest absolute Gasteiger partial charge is 0.222 e. The van der Waals surface area contributed by atoms with Gasteiger partial charge in [0.1, 0.15) is 5.75 Å². The van der Waals surface area contributed by atoms with E-state index in [9.17, 15) is 4.79 Å². The number of hydrogen-bond acceptors (Lipinski definition) is 4. The molecule has 0 saturated carbocycles. The summed E-state index contributed by atoms with van der Waals surface area (Å²) in [6, 6.07) is 16.9. The lowest BCUT2D eigenvalue weighted by atomic mass is 9.68. The van der Waals surface area contributed by atoms with Crippen LogP contribution in [0.3, 0.4) is 0 Å². The first kappa shape index (κ1) is 26.1. The van der Waals surface area contributed by atoms with Crippen LogP contribution in [0, 0.1) is 5.92 Å². The normalized spacial score (nSPS) is 20.3. The van der Waals surface area contributed by atoms with E-state index in [-0.39, 0.29) is 17.4 Å². The zero-order valence-electron chi connectivity index (χ0n) is 21.8. The molecule has 1 aliphatic heterocycles. The van der Waals surface area contributed by atoms with Crippen LogP contribution in [-0.4, -0.2) is 51.3 Å². The number of para-hydroxylation sites is 1. The molecule has 3 rings (SSSR count). The first-order valence-corrected chi connectivity index (χ1v) is 12.6. The molecule has 1 heterocycles. The van der Waals surface area contributed by atoms with Crippen LogP contribution in [0.5, 0.6) is 5.75 Å². The zero-order valence-corrected chi connectivity index (χ0v) is 21.8. The summed E-state index contributed by atoms with van der Waals surface area (Å²) >= 11 is 0. The summed E-state index contributed by atoms with van der Waals surface area (Å²) in [6.45, 7) is 8.48. The van der Waals surface area contributed by atoms with Crippen molar-refractivity contribution < 1.29 is 14.3 Å². The Labute approximate surface area is 206 Å². The van der Waals surface area contributed by atoms with Crippen molar-refractivity contribution in [2.45, 2.75) is 64.5 Å². The number of rotatable bonds is 10. The van der Waals surface area contributed by atoms with Crippen LogP contribution in [0.4, 0.5) is 5.69 Å². The fraction of sp³-hybridized carbons (Fsp3) is 0.552. The Bertz CT molecular complexity index is 925. The van der Waals surface area contributed by atoms with Crippen LogP contribution in [-0.2, 0) is 21.5 Å². The number of carbonyl (C=O) groups is 1. The highest BCUT2D eigenvalue weighted by molar-refractivity contribution is 5.75. The predicted octanol–water partition coefficient (Wildman–Crippen LogP) is 5.66. The van der Waals surface area contributed by atoms with Crippen LogP contribution in [0.15, 0.2) is 48.5 Å². The Morgan fingerprint density at radius 1 is 1.15 bits per heavy atom. The molecule has 0 aliphatic carbocycles. The Kier molecular flexibility index (Phi) is 9.01. The van der Waals surface area contributed by atoms with Gasteiger partial charge in [-0.2, -0.15) is 0 Å². The highest BCUT2D eigenvalue weighted by atomic mass is 16.5. The monoisotopic (exact) mass is 466 g/mol. The maximum absolute atomic E-state index is 13.0. The lowest BCUT2D eigenvalue weighted by Gasteiger charge is -2.44. The number of benzene rings is 2. The van der Waals surface area contributed by atoms with Crippen molar-refractivity contribution in [2.75, 3.05) is 39.3 Å². The lowest BCUT2D eigenvalue weighted by Crippen LogP contribution is -2.44. The molecule has 0 N–H and O–H groups in total. The predicted molar refractivity (Wildman–Crippen MR) is 140 cm³/mol. The second-order valence-electron chi connectivity index (χ2n) is 10.1. The summed E-state index contributed by atoms with van der Waals surface area (Å²) < 4.78 is 12.0. The lowest BCUT2D eigenvalue weighted by molar-refractivity contribution is -0.132. The second-order valence-corrected chi connectivity index (χ2v) is 10.1. The van der Waals surface area contributed by atoms with Crippen molar-refractivity contribution in [3.63, 3.8) is 0 Å². The van der Waals surface area contributed by atoms with E-state index in [1.807, 2.05) is 32.0 Å². The van der Waals surface area contributed by atoms with Gasteiger partial charge in [-0.25, -0.2) is 0 Å². The van der Waals surface area contributed by atoms with Gasteiger partial charge < -0.3 is 19.3 Å². The summed E-state index contributed by atoms with van der Waals surface area (Å²) in [7, 11) is 5.82. The minimum Gasteiger partial charge on any atom is -0.496 e. The van der Waals surface area contributed by atoms with E-state index in [1.54, 1.807) is 7.11 Å². The van der Waals surface area contributed by atoms with Crippen LogP contribution < -0.4 is 9.64 Å².